The third-order valence-electron chi connectivity index (χ3n) is 7.60. The van der Waals surface area contributed by atoms with Gasteiger partial charge in [0, 0.05) is 40.1 Å². The Morgan fingerprint density at radius 1 is 0.935 bits per heavy atom. The van der Waals surface area contributed by atoms with Gasteiger partial charge in [0.05, 0.1) is 16.1 Å². The number of amides is 2. The molecular weight excluding hydrogens is 655 g/mol. The summed E-state index contributed by atoms with van der Waals surface area (Å²) in [5, 5.41) is 16.8. The van der Waals surface area contributed by atoms with E-state index in [9.17, 15) is 14.9 Å². The molecule has 2 heterocycles. The zero-order chi connectivity index (χ0) is 32.0. The van der Waals surface area contributed by atoms with Crippen LogP contribution in [0.1, 0.15) is 42.7 Å². The molecule has 2 N–H and O–H groups in total. The van der Waals surface area contributed by atoms with Crippen LogP contribution in [0.3, 0.4) is 0 Å². The number of carbonyl (C=O) groups excluding carboxylic acids is 2. The van der Waals surface area contributed by atoms with Crippen molar-refractivity contribution in [3.05, 3.63) is 146 Å². The topological polar surface area (TPSA) is 85.2 Å². The van der Waals surface area contributed by atoms with Crippen molar-refractivity contribution in [1.29, 1.82) is 5.26 Å². The summed E-state index contributed by atoms with van der Waals surface area (Å²) in [5.74, 6) is -0.593. The van der Waals surface area contributed by atoms with Crippen molar-refractivity contribution < 1.29 is 9.59 Å². The molecule has 230 valence electrons. The Labute approximate surface area is 286 Å². The molecule has 0 spiro atoms. The largest absolute Gasteiger partial charge is 0.322 e. The van der Waals surface area contributed by atoms with Gasteiger partial charge in [-0.1, -0.05) is 89.9 Å². The second-order valence-electron chi connectivity index (χ2n) is 10.8. The van der Waals surface area contributed by atoms with Gasteiger partial charge in [-0.3, -0.25) is 14.5 Å². The van der Waals surface area contributed by atoms with Gasteiger partial charge < -0.3 is 10.6 Å². The van der Waals surface area contributed by atoms with Crippen molar-refractivity contribution in [2.24, 2.45) is 0 Å². The molecule has 0 aliphatic carbocycles. The van der Waals surface area contributed by atoms with Gasteiger partial charge >= 0.3 is 0 Å². The lowest BCUT2D eigenvalue weighted by Gasteiger charge is -2.26. The van der Waals surface area contributed by atoms with Crippen molar-refractivity contribution in [2.75, 3.05) is 17.2 Å². The summed E-state index contributed by atoms with van der Waals surface area (Å²) in [5.41, 5.74) is 4.51. The van der Waals surface area contributed by atoms with Crippen molar-refractivity contribution in [3.8, 4) is 6.07 Å². The minimum absolute atomic E-state index is 0.227. The molecule has 0 radical (unpaired) electrons. The monoisotopic (exact) mass is 682 g/mol. The van der Waals surface area contributed by atoms with E-state index in [0.717, 1.165) is 47.0 Å². The molecule has 0 bridgehead atoms. The average Bonchev–Trinajstić information content (AvgIpc) is 3.40. The first-order valence-corrected chi connectivity index (χ1v) is 17.0. The molecule has 1 aromatic heterocycles. The smallest absolute Gasteiger partial charge is 0.257 e. The van der Waals surface area contributed by atoms with Crippen molar-refractivity contribution in [3.63, 3.8) is 0 Å². The molecule has 0 fully saturated rings. The molecule has 2 amide bonds. The number of halogens is 2. The molecule has 6 rings (SSSR count). The van der Waals surface area contributed by atoms with Crippen LogP contribution in [0, 0.1) is 11.3 Å². The number of thiophene rings is 1. The lowest BCUT2D eigenvalue weighted by Crippen LogP contribution is -2.29. The second kappa shape index (κ2) is 14.5. The fourth-order valence-corrected chi connectivity index (χ4v) is 8.19. The first-order valence-electron chi connectivity index (χ1n) is 14.6. The normalized spacial score (nSPS) is 13.3. The standard InChI is InChI=1S/C36H28Cl2N4O2S2/c37-25-14-15-29(31(38)18-25)34(43)40-26-12-7-13-27(19-26)45-33(24-10-5-2-6-11-24)35(44)41-36-30(20-39)28-16-17-42(22-32(28)46-36)21-23-8-3-1-4-9-23/h1-15,18-19,33H,16-17,21-22H2,(H,40,43)(H,41,44). The number of nitriles is 1. The summed E-state index contributed by atoms with van der Waals surface area (Å²) in [6.07, 6.45) is 0.758. The highest BCUT2D eigenvalue weighted by molar-refractivity contribution is 8.00. The van der Waals surface area contributed by atoms with E-state index in [1.54, 1.807) is 18.2 Å². The molecule has 1 aliphatic rings. The molecule has 5 aromatic rings. The molecule has 0 saturated heterocycles. The first-order chi connectivity index (χ1) is 22.4. The highest BCUT2D eigenvalue weighted by Gasteiger charge is 2.28. The maximum atomic E-state index is 14.0. The zero-order valence-corrected chi connectivity index (χ0v) is 27.6. The Bertz CT molecular complexity index is 1930. The molecule has 1 unspecified atom stereocenters. The molecule has 4 aromatic carbocycles. The summed E-state index contributed by atoms with van der Waals surface area (Å²) in [7, 11) is 0. The molecule has 1 atom stereocenters. The highest BCUT2D eigenvalue weighted by Crippen LogP contribution is 2.41. The summed E-state index contributed by atoms with van der Waals surface area (Å²) in [6.45, 7) is 2.41. The predicted molar refractivity (Wildman–Crippen MR) is 188 cm³/mol. The van der Waals surface area contributed by atoms with Crippen LogP contribution in [0.25, 0.3) is 0 Å². The van der Waals surface area contributed by atoms with Crippen LogP contribution in [0.5, 0.6) is 0 Å². The number of rotatable bonds is 9. The number of hydrogen-bond acceptors (Lipinski definition) is 6. The van der Waals surface area contributed by atoms with E-state index in [-0.39, 0.29) is 16.8 Å². The summed E-state index contributed by atoms with van der Waals surface area (Å²) >= 11 is 15.1. The number of thioether (sulfide) groups is 1. The number of nitrogens with one attached hydrogen (secondary N) is 2. The van der Waals surface area contributed by atoms with Crippen molar-refractivity contribution in [1.82, 2.24) is 4.90 Å². The fourth-order valence-electron chi connectivity index (χ4n) is 5.37. The second-order valence-corrected chi connectivity index (χ2v) is 13.9. The zero-order valence-electron chi connectivity index (χ0n) is 24.5. The van der Waals surface area contributed by atoms with Gasteiger partial charge in [-0.25, -0.2) is 0 Å². The lowest BCUT2D eigenvalue weighted by atomic mass is 10.0. The Balaban J connectivity index is 1.20. The first kappa shape index (κ1) is 31.9. The Kier molecular flexibility index (Phi) is 10.1. The van der Waals surface area contributed by atoms with E-state index in [1.807, 2.05) is 66.7 Å². The van der Waals surface area contributed by atoms with Crippen LogP contribution in [0.2, 0.25) is 10.0 Å². The van der Waals surface area contributed by atoms with Crippen molar-refractivity contribution >= 4 is 68.8 Å². The molecule has 10 heteroatoms. The Morgan fingerprint density at radius 3 is 2.43 bits per heavy atom. The number of carbonyl (C=O) groups is 2. The van der Waals surface area contributed by atoms with Gasteiger partial charge in [-0.15, -0.1) is 23.1 Å². The minimum Gasteiger partial charge on any atom is -0.322 e. The number of nitrogens with zero attached hydrogens (tertiary/aromatic N) is 2. The van der Waals surface area contributed by atoms with Crippen LogP contribution in [0.15, 0.2) is 108 Å². The maximum absolute atomic E-state index is 14.0. The Hall–Kier alpha value is -4.10. The third-order valence-corrected chi connectivity index (χ3v) is 10.5. The summed E-state index contributed by atoms with van der Waals surface area (Å²) in [4.78, 5) is 31.2. The maximum Gasteiger partial charge on any atom is 0.257 e. The van der Waals surface area contributed by atoms with E-state index >= 15 is 0 Å². The minimum atomic E-state index is -0.613. The highest BCUT2D eigenvalue weighted by atomic mass is 35.5. The number of anilines is 2. The number of hydrogen-bond donors (Lipinski definition) is 2. The average molecular weight is 684 g/mol. The van der Waals surface area contributed by atoms with Gasteiger partial charge in [-0.05, 0) is 59.5 Å². The van der Waals surface area contributed by atoms with Gasteiger partial charge in [0.15, 0.2) is 0 Å². The molecule has 0 saturated carbocycles. The third kappa shape index (κ3) is 7.47. The van der Waals surface area contributed by atoms with Crippen LogP contribution in [-0.2, 0) is 24.3 Å². The van der Waals surface area contributed by atoms with Gasteiger partial charge in [-0.2, -0.15) is 5.26 Å². The van der Waals surface area contributed by atoms with E-state index in [2.05, 4.69) is 33.7 Å². The van der Waals surface area contributed by atoms with Crippen LogP contribution >= 0.6 is 46.3 Å². The quantitative estimate of drug-likeness (QED) is 0.151. The van der Waals surface area contributed by atoms with Crippen molar-refractivity contribution in [2.45, 2.75) is 29.7 Å². The Morgan fingerprint density at radius 2 is 1.70 bits per heavy atom. The van der Waals surface area contributed by atoms with Gasteiger partial charge in [0.25, 0.3) is 5.91 Å². The van der Waals surface area contributed by atoms with Gasteiger partial charge in [0.2, 0.25) is 5.91 Å². The predicted octanol–water partition coefficient (Wildman–Crippen LogP) is 9.21. The summed E-state index contributed by atoms with van der Waals surface area (Å²) in [6, 6.07) is 34.3. The van der Waals surface area contributed by atoms with E-state index < -0.39 is 5.25 Å². The SMILES string of the molecule is N#Cc1c(NC(=O)C(Sc2cccc(NC(=O)c3ccc(Cl)cc3Cl)c2)c2ccccc2)sc2c1CCN(Cc1ccccc1)C2. The van der Waals surface area contributed by atoms with Crippen LogP contribution in [-0.4, -0.2) is 23.3 Å². The van der Waals surface area contributed by atoms with Gasteiger partial charge in [0.1, 0.15) is 16.3 Å². The molecule has 1 aliphatic heterocycles. The number of fused-ring (bicyclic) bond motifs is 1. The van der Waals surface area contributed by atoms with Crippen LogP contribution < -0.4 is 10.6 Å². The van der Waals surface area contributed by atoms with E-state index in [0.29, 0.717) is 26.8 Å². The molecule has 6 nitrogen and oxygen atoms in total. The summed E-state index contributed by atoms with van der Waals surface area (Å²) < 4.78 is 0. The van der Waals surface area contributed by atoms with Crippen LogP contribution in [0.4, 0.5) is 10.7 Å². The van der Waals surface area contributed by atoms with E-state index in [1.165, 1.54) is 34.7 Å². The lowest BCUT2D eigenvalue weighted by molar-refractivity contribution is -0.115. The number of benzene rings is 4. The fraction of sp³-hybridized carbons (Fsp3) is 0.139. The molecule has 46 heavy (non-hydrogen) atoms. The van der Waals surface area contributed by atoms with E-state index in [4.69, 9.17) is 23.2 Å². The molecular formula is C36H28Cl2N4O2S2.